The van der Waals surface area contributed by atoms with Gasteiger partial charge in [0.2, 0.25) is 0 Å². The second kappa shape index (κ2) is 5.65. The van der Waals surface area contributed by atoms with Gasteiger partial charge in [0.25, 0.3) is 0 Å². The first-order valence-electron chi connectivity index (χ1n) is 5.54. The molecule has 0 saturated heterocycles. The molecule has 5 nitrogen and oxygen atoms in total. The zero-order chi connectivity index (χ0) is 12.0. The molecule has 1 atom stereocenters. The number of aromatic nitrogens is 2. The number of nitrogens with zero attached hydrogens (tertiary/aromatic N) is 2. The van der Waals surface area contributed by atoms with E-state index in [2.05, 4.69) is 10.4 Å². The molecule has 0 aliphatic heterocycles. The number of hydrogen-bond acceptors (Lipinski definition) is 3. The standard InChI is InChI=1S/C11H19N3O2/c1-3-6-12-11(2,10(15)16)5-9-14-8-4-7-13-14/h4,7-8,12H,3,5-6,9H2,1-2H3,(H,15,16). The lowest BCUT2D eigenvalue weighted by Gasteiger charge is -2.26. The van der Waals surface area contributed by atoms with Crippen molar-refractivity contribution in [2.75, 3.05) is 6.54 Å². The second-order valence-electron chi connectivity index (χ2n) is 4.08. The van der Waals surface area contributed by atoms with Gasteiger partial charge in [-0.15, -0.1) is 0 Å². The summed E-state index contributed by atoms with van der Waals surface area (Å²) in [6.45, 7) is 5.05. The number of aryl methyl sites for hydroxylation is 1. The molecule has 1 heterocycles. The Bertz CT molecular complexity index is 324. The average Bonchev–Trinajstić information content (AvgIpc) is 2.76. The molecule has 0 radical (unpaired) electrons. The molecule has 16 heavy (non-hydrogen) atoms. The van der Waals surface area contributed by atoms with Crippen molar-refractivity contribution < 1.29 is 9.90 Å². The molecule has 90 valence electrons. The molecule has 0 amide bonds. The Morgan fingerprint density at radius 3 is 2.88 bits per heavy atom. The van der Waals surface area contributed by atoms with E-state index in [0.717, 1.165) is 6.42 Å². The molecule has 2 N–H and O–H groups in total. The van der Waals surface area contributed by atoms with Crippen molar-refractivity contribution in [3.63, 3.8) is 0 Å². The summed E-state index contributed by atoms with van der Waals surface area (Å²) in [5.74, 6) is -0.812. The summed E-state index contributed by atoms with van der Waals surface area (Å²) in [5, 5.41) is 16.3. The van der Waals surface area contributed by atoms with Gasteiger partial charge in [0.1, 0.15) is 5.54 Å². The summed E-state index contributed by atoms with van der Waals surface area (Å²) in [5.41, 5.74) is -0.873. The maximum atomic E-state index is 11.2. The summed E-state index contributed by atoms with van der Waals surface area (Å²) in [4.78, 5) is 11.2. The Hall–Kier alpha value is -1.36. The van der Waals surface area contributed by atoms with Gasteiger partial charge in [0.15, 0.2) is 0 Å². The predicted molar refractivity (Wildman–Crippen MR) is 61.2 cm³/mol. The van der Waals surface area contributed by atoms with Crippen LogP contribution in [-0.2, 0) is 11.3 Å². The molecule has 5 heteroatoms. The van der Waals surface area contributed by atoms with Gasteiger partial charge in [0, 0.05) is 18.9 Å². The number of nitrogens with one attached hydrogen (secondary N) is 1. The Morgan fingerprint density at radius 2 is 2.38 bits per heavy atom. The van der Waals surface area contributed by atoms with E-state index < -0.39 is 11.5 Å². The largest absolute Gasteiger partial charge is 0.480 e. The van der Waals surface area contributed by atoms with E-state index in [1.54, 1.807) is 17.8 Å². The van der Waals surface area contributed by atoms with Crippen LogP contribution in [0, 0.1) is 0 Å². The summed E-state index contributed by atoms with van der Waals surface area (Å²) < 4.78 is 1.74. The number of hydrogen-bond donors (Lipinski definition) is 2. The van der Waals surface area contributed by atoms with Crippen molar-refractivity contribution in [2.45, 2.75) is 38.8 Å². The number of rotatable bonds is 7. The average molecular weight is 225 g/mol. The smallest absolute Gasteiger partial charge is 0.323 e. The molecular weight excluding hydrogens is 206 g/mol. The zero-order valence-electron chi connectivity index (χ0n) is 9.81. The fourth-order valence-corrected chi connectivity index (χ4v) is 1.44. The molecule has 0 aromatic carbocycles. The topological polar surface area (TPSA) is 67.2 Å². The molecule has 0 spiro atoms. The lowest BCUT2D eigenvalue weighted by Crippen LogP contribution is -2.50. The maximum absolute atomic E-state index is 11.2. The molecule has 1 rings (SSSR count). The van der Waals surface area contributed by atoms with E-state index in [1.807, 2.05) is 19.2 Å². The Balaban J connectivity index is 2.53. The van der Waals surface area contributed by atoms with Crippen LogP contribution in [0.5, 0.6) is 0 Å². The van der Waals surface area contributed by atoms with E-state index in [1.165, 1.54) is 0 Å². The molecule has 0 aliphatic rings. The van der Waals surface area contributed by atoms with Crippen LogP contribution in [0.15, 0.2) is 18.5 Å². The van der Waals surface area contributed by atoms with E-state index in [-0.39, 0.29) is 0 Å². The third kappa shape index (κ3) is 3.34. The first kappa shape index (κ1) is 12.7. The van der Waals surface area contributed by atoms with Crippen LogP contribution in [-0.4, -0.2) is 32.9 Å². The van der Waals surface area contributed by atoms with Crippen LogP contribution < -0.4 is 5.32 Å². The van der Waals surface area contributed by atoms with Crippen LogP contribution in [0.3, 0.4) is 0 Å². The predicted octanol–water partition coefficient (Wildman–Crippen LogP) is 1.12. The van der Waals surface area contributed by atoms with Gasteiger partial charge in [-0.25, -0.2) is 0 Å². The highest BCUT2D eigenvalue weighted by molar-refractivity contribution is 5.78. The Labute approximate surface area is 95.5 Å². The SMILES string of the molecule is CCCNC(C)(CCn1cccn1)C(=O)O. The Morgan fingerprint density at radius 1 is 1.62 bits per heavy atom. The van der Waals surface area contributed by atoms with Crippen molar-refractivity contribution in [3.8, 4) is 0 Å². The first-order valence-corrected chi connectivity index (χ1v) is 5.54. The zero-order valence-corrected chi connectivity index (χ0v) is 9.81. The summed E-state index contributed by atoms with van der Waals surface area (Å²) in [6, 6.07) is 1.83. The normalized spacial score (nSPS) is 14.6. The van der Waals surface area contributed by atoms with Crippen molar-refractivity contribution >= 4 is 5.97 Å². The molecule has 1 unspecified atom stereocenters. The van der Waals surface area contributed by atoms with E-state index in [0.29, 0.717) is 19.5 Å². The van der Waals surface area contributed by atoms with Crippen LogP contribution in [0.2, 0.25) is 0 Å². The molecule has 0 saturated carbocycles. The monoisotopic (exact) mass is 225 g/mol. The minimum atomic E-state index is -0.873. The van der Waals surface area contributed by atoms with Crippen molar-refractivity contribution in [3.05, 3.63) is 18.5 Å². The van der Waals surface area contributed by atoms with E-state index in [4.69, 9.17) is 0 Å². The minimum absolute atomic E-state index is 0.518. The van der Waals surface area contributed by atoms with E-state index >= 15 is 0 Å². The third-order valence-corrected chi connectivity index (χ3v) is 2.64. The lowest BCUT2D eigenvalue weighted by molar-refractivity contribution is -0.144. The molecule has 0 bridgehead atoms. The van der Waals surface area contributed by atoms with Gasteiger partial charge in [-0.2, -0.15) is 5.10 Å². The van der Waals surface area contributed by atoms with Gasteiger partial charge >= 0.3 is 5.97 Å². The molecule has 0 fully saturated rings. The van der Waals surface area contributed by atoms with Gasteiger partial charge in [0.05, 0.1) is 0 Å². The highest BCUT2D eigenvalue weighted by atomic mass is 16.4. The van der Waals surface area contributed by atoms with Gasteiger partial charge in [-0.3, -0.25) is 9.48 Å². The number of carboxylic acids is 1. The quantitative estimate of drug-likeness (QED) is 0.729. The Kier molecular flexibility index (Phi) is 4.49. The summed E-state index contributed by atoms with van der Waals surface area (Å²) in [7, 11) is 0. The number of carbonyl (C=O) groups is 1. The van der Waals surface area contributed by atoms with Crippen molar-refractivity contribution in [1.82, 2.24) is 15.1 Å². The lowest BCUT2D eigenvalue weighted by atomic mass is 9.98. The fourth-order valence-electron chi connectivity index (χ4n) is 1.44. The maximum Gasteiger partial charge on any atom is 0.323 e. The van der Waals surface area contributed by atoms with Gasteiger partial charge < -0.3 is 10.4 Å². The van der Waals surface area contributed by atoms with Crippen molar-refractivity contribution in [1.29, 1.82) is 0 Å². The van der Waals surface area contributed by atoms with Gasteiger partial charge in [-0.1, -0.05) is 6.92 Å². The fraction of sp³-hybridized carbons (Fsp3) is 0.636. The summed E-state index contributed by atoms with van der Waals surface area (Å²) >= 11 is 0. The molecule has 1 aromatic heterocycles. The number of aliphatic carboxylic acids is 1. The molecule has 0 aliphatic carbocycles. The molecular formula is C11H19N3O2. The van der Waals surface area contributed by atoms with Crippen LogP contribution in [0.4, 0.5) is 0 Å². The van der Waals surface area contributed by atoms with E-state index in [9.17, 15) is 9.90 Å². The van der Waals surface area contributed by atoms with Crippen LogP contribution in [0.1, 0.15) is 26.7 Å². The van der Waals surface area contributed by atoms with Gasteiger partial charge in [-0.05, 0) is 32.4 Å². The highest BCUT2D eigenvalue weighted by Gasteiger charge is 2.31. The third-order valence-electron chi connectivity index (χ3n) is 2.64. The van der Waals surface area contributed by atoms with Crippen LogP contribution in [0.25, 0.3) is 0 Å². The summed E-state index contributed by atoms with van der Waals surface area (Å²) in [6.07, 6.45) is 4.97. The number of carboxylic acid groups (broad SMARTS) is 1. The molecule has 1 aromatic rings. The highest BCUT2D eigenvalue weighted by Crippen LogP contribution is 2.11. The van der Waals surface area contributed by atoms with Crippen molar-refractivity contribution in [2.24, 2.45) is 0 Å². The second-order valence-corrected chi connectivity index (χ2v) is 4.08. The first-order chi connectivity index (χ1) is 7.58. The minimum Gasteiger partial charge on any atom is -0.480 e. The van der Waals surface area contributed by atoms with Crippen LogP contribution >= 0.6 is 0 Å².